The van der Waals surface area contributed by atoms with Crippen LogP contribution in [0.4, 0.5) is 9.93 Å². The number of carbonyl (C=O) groups excluding carboxylic acids is 1. The summed E-state index contributed by atoms with van der Waals surface area (Å²) in [6.45, 7) is 4.64. The monoisotopic (exact) mass is 333 g/mol. The van der Waals surface area contributed by atoms with Gasteiger partial charge in [0.05, 0.1) is 18.1 Å². The van der Waals surface area contributed by atoms with Crippen molar-refractivity contribution in [1.29, 1.82) is 0 Å². The summed E-state index contributed by atoms with van der Waals surface area (Å²) >= 11 is 1.30. The molecule has 0 atom stereocenters. The van der Waals surface area contributed by atoms with Crippen LogP contribution in [0.1, 0.15) is 30.8 Å². The van der Waals surface area contributed by atoms with E-state index in [9.17, 15) is 13.2 Å². The van der Waals surface area contributed by atoms with Gasteiger partial charge in [0.15, 0.2) is 5.13 Å². The second-order valence-electron chi connectivity index (χ2n) is 4.63. The van der Waals surface area contributed by atoms with E-state index in [0.717, 1.165) is 10.6 Å². The fraction of sp³-hybridized carbons (Fsp3) is 0.667. The maximum Gasteiger partial charge on any atom is 0.413 e. The number of thiazole rings is 1. The summed E-state index contributed by atoms with van der Waals surface area (Å²) in [7, 11) is -3.20. The van der Waals surface area contributed by atoms with E-state index in [1.807, 2.05) is 6.92 Å². The molecule has 118 valence electrons. The summed E-state index contributed by atoms with van der Waals surface area (Å²) in [5.41, 5.74) is 0.856. The van der Waals surface area contributed by atoms with E-state index in [2.05, 4.69) is 10.3 Å². The van der Waals surface area contributed by atoms with Crippen LogP contribution in [0.2, 0.25) is 0 Å². The topological polar surface area (TPSA) is 88.6 Å². The Bertz CT molecular complexity index is 612. The number of hydrogen-bond donors (Lipinski definition) is 1. The van der Waals surface area contributed by atoms with Crippen LogP contribution in [-0.2, 0) is 27.7 Å². The highest BCUT2D eigenvalue weighted by atomic mass is 32.2. The van der Waals surface area contributed by atoms with Crippen LogP contribution in [0.15, 0.2) is 0 Å². The summed E-state index contributed by atoms with van der Waals surface area (Å²) in [6.07, 6.45) is 0.627. The molecule has 0 saturated heterocycles. The Hall–Kier alpha value is -1.19. The third kappa shape index (κ3) is 3.92. The van der Waals surface area contributed by atoms with E-state index < -0.39 is 16.1 Å². The molecule has 0 fully saturated rings. The van der Waals surface area contributed by atoms with Crippen molar-refractivity contribution in [2.45, 2.75) is 33.2 Å². The first-order chi connectivity index (χ1) is 9.96. The van der Waals surface area contributed by atoms with Gasteiger partial charge in [-0.2, -0.15) is 4.31 Å². The normalized spacial score (nSPS) is 15.5. The Morgan fingerprint density at radius 1 is 1.48 bits per heavy atom. The molecule has 21 heavy (non-hydrogen) atoms. The summed E-state index contributed by atoms with van der Waals surface area (Å²) in [5.74, 6) is 0.162. The number of nitrogens with zero attached hydrogens (tertiary/aromatic N) is 2. The van der Waals surface area contributed by atoms with Gasteiger partial charge in [-0.05, 0) is 13.3 Å². The highest BCUT2D eigenvalue weighted by Crippen LogP contribution is 2.29. The second-order valence-corrected chi connectivity index (χ2v) is 7.81. The van der Waals surface area contributed by atoms with Gasteiger partial charge in [-0.3, -0.25) is 5.32 Å². The number of nitrogens with one attached hydrogen (secondary N) is 1. The number of anilines is 1. The molecule has 0 spiro atoms. The van der Waals surface area contributed by atoms with E-state index in [0.29, 0.717) is 37.7 Å². The molecule has 9 heteroatoms. The van der Waals surface area contributed by atoms with Gasteiger partial charge in [-0.25, -0.2) is 18.2 Å². The van der Waals surface area contributed by atoms with Gasteiger partial charge in [0.25, 0.3) is 0 Å². The van der Waals surface area contributed by atoms with Crippen LogP contribution in [0, 0.1) is 0 Å². The summed E-state index contributed by atoms with van der Waals surface area (Å²) in [4.78, 5) is 16.6. The minimum atomic E-state index is -3.20. The Labute approximate surface area is 128 Å². The minimum absolute atomic E-state index is 0.162. The number of amides is 1. The predicted molar refractivity (Wildman–Crippen MR) is 81.0 cm³/mol. The average Bonchev–Trinajstić information content (AvgIpc) is 2.79. The maximum atomic E-state index is 12.1. The van der Waals surface area contributed by atoms with Crippen LogP contribution in [0.25, 0.3) is 0 Å². The molecule has 0 aromatic carbocycles. The quantitative estimate of drug-likeness (QED) is 0.888. The first-order valence-corrected chi connectivity index (χ1v) is 9.29. The lowest BCUT2D eigenvalue weighted by molar-refractivity contribution is 0.168. The lowest BCUT2D eigenvalue weighted by Gasteiger charge is -2.25. The summed E-state index contributed by atoms with van der Waals surface area (Å²) in [5, 5.41) is 3.01. The number of rotatable bonds is 5. The summed E-state index contributed by atoms with van der Waals surface area (Å²) in [6, 6.07) is 0. The lowest BCUT2D eigenvalue weighted by Crippen LogP contribution is -2.36. The fourth-order valence-electron chi connectivity index (χ4n) is 2.10. The van der Waals surface area contributed by atoms with Gasteiger partial charge in [0.2, 0.25) is 10.0 Å². The van der Waals surface area contributed by atoms with Crippen LogP contribution < -0.4 is 5.32 Å². The van der Waals surface area contributed by atoms with E-state index in [1.54, 1.807) is 6.92 Å². The zero-order chi connectivity index (χ0) is 15.5. The highest BCUT2D eigenvalue weighted by Gasteiger charge is 2.28. The molecule has 0 unspecified atom stereocenters. The van der Waals surface area contributed by atoms with Crippen LogP contribution in [-0.4, -0.2) is 42.7 Å². The number of sulfonamides is 1. The van der Waals surface area contributed by atoms with Gasteiger partial charge in [-0.1, -0.05) is 18.3 Å². The van der Waals surface area contributed by atoms with Gasteiger partial charge in [0, 0.05) is 24.4 Å². The van der Waals surface area contributed by atoms with Gasteiger partial charge < -0.3 is 4.74 Å². The Morgan fingerprint density at radius 3 is 2.90 bits per heavy atom. The second kappa shape index (κ2) is 6.71. The van der Waals surface area contributed by atoms with E-state index in [-0.39, 0.29) is 5.75 Å². The van der Waals surface area contributed by atoms with Gasteiger partial charge in [-0.15, -0.1) is 0 Å². The SMILES string of the molecule is CCCS(=O)(=O)N1CCc2nc(NC(=O)OCC)sc2C1. The molecule has 1 aromatic rings. The molecular formula is C12H19N3O4S2. The Kier molecular flexibility index (Phi) is 5.17. The van der Waals surface area contributed by atoms with Crippen molar-refractivity contribution in [3.05, 3.63) is 10.6 Å². The van der Waals surface area contributed by atoms with Crippen molar-refractivity contribution in [3.63, 3.8) is 0 Å². The molecule has 2 heterocycles. The van der Waals surface area contributed by atoms with Crippen molar-refractivity contribution in [2.75, 3.05) is 24.2 Å². The molecule has 1 amide bonds. The minimum Gasteiger partial charge on any atom is -0.450 e. The molecule has 0 bridgehead atoms. The predicted octanol–water partition coefficient (Wildman–Crippen LogP) is 1.81. The molecule has 1 N–H and O–H groups in total. The molecule has 1 aromatic heterocycles. The molecule has 0 aliphatic carbocycles. The Balaban J connectivity index is 2.08. The first kappa shape index (κ1) is 16.2. The van der Waals surface area contributed by atoms with Crippen LogP contribution >= 0.6 is 11.3 Å². The molecular weight excluding hydrogens is 314 g/mol. The largest absolute Gasteiger partial charge is 0.450 e. The molecule has 0 saturated carbocycles. The number of hydrogen-bond acceptors (Lipinski definition) is 6. The van der Waals surface area contributed by atoms with Crippen molar-refractivity contribution < 1.29 is 17.9 Å². The zero-order valence-corrected chi connectivity index (χ0v) is 13.7. The van der Waals surface area contributed by atoms with Crippen LogP contribution in [0.3, 0.4) is 0 Å². The first-order valence-electron chi connectivity index (χ1n) is 6.86. The lowest BCUT2D eigenvalue weighted by atomic mass is 10.2. The van der Waals surface area contributed by atoms with E-state index in [1.165, 1.54) is 15.6 Å². The molecule has 0 radical (unpaired) electrons. The van der Waals surface area contributed by atoms with Crippen molar-refractivity contribution >= 4 is 32.6 Å². The number of aromatic nitrogens is 1. The highest BCUT2D eigenvalue weighted by molar-refractivity contribution is 7.89. The number of fused-ring (bicyclic) bond motifs is 1. The van der Waals surface area contributed by atoms with E-state index in [4.69, 9.17) is 4.74 Å². The van der Waals surface area contributed by atoms with Crippen molar-refractivity contribution in [2.24, 2.45) is 0 Å². The average molecular weight is 333 g/mol. The van der Waals surface area contributed by atoms with Gasteiger partial charge >= 0.3 is 6.09 Å². The zero-order valence-electron chi connectivity index (χ0n) is 12.1. The molecule has 7 nitrogen and oxygen atoms in total. The Morgan fingerprint density at radius 2 is 2.24 bits per heavy atom. The van der Waals surface area contributed by atoms with Crippen molar-refractivity contribution in [1.82, 2.24) is 9.29 Å². The molecule has 2 rings (SSSR count). The summed E-state index contributed by atoms with van der Waals surface area (Å²) < 4.78 is 30.5. The third-order valence-corrected chi connectivity index (χ3v) is 6.06. The van der Waals surface area contributed by atoms with Crippen LogP contribution in [0.5, 0.6) is 0 Å². The molecule has 1 aliphatic rings. The number of carbonyl (C=O) groups is 1. The molecule has 1 aliphatic heterocycles. The fourth-order valence-corrected chi connectivity index (χ4v) is 4.67. The third-order valence-electron chi connectivity index (χ3n) is 3.04. The van der Waals surface area contributed by atoms with Crippen molar-refractivity contribution in [3.8, 4) is 0 Å². The van der Waals surface area contributed by atoms with Gasteiger partial charge in [0.1, 0.15) is 0 Å². The van der Waals surface area contributed by atoms with E-state index >= 15 is 0 Å². The maximum absolute atomic E-state index is 12.1. The smallest absolute Gasteiger partial charge is 0.413 e. The standard InChI is InChI=1S/C12H19N3O4S2/c1-3-7-21(17,18)15-6-5-9-10(8-15)20-11(13-9)14-12(16)19-4-2/h3-8H2,1-2H3,(H,13,14,16). The number of ether oxygens (including phenoxy) is 1.